The zero-order valence-electron chi connectivity index (χ0n) is 31.1. The van der Waals surface area contributed by atoms with Crippen LogP contribution in [0, 0.1) is 0 Å². The standard InChI is InChI=1S/2C21H21NO4.Ca/c2*1-11(2)13-7-5-8-14(12(3)4)18(13)22-19(23)15-9-6-10-16(21(25)26)17(15)20(22)24;/h2*5-12H,1-4H3,(H,25,26);/q;;+2/p-2. The summed E-state index contributed by atoms with van der Waals surface area (Å²) >= 11 is 0. The van der Waals surface area contributed by atoms with Crippen LogP contribution in [-0.4, -0.2) is 73.3 Å². The minimum atomic E-state index is -1.47. The number of carbonyl (C=O) groups is 6. The fourth-order valence-electron chi connectivity index (χ4n) is 6.86. The van der Waals surface area contributed by atoms with Crippen LogP contribution in [0.15, 0.2) is 72.8 Å². The summed E-state index contributed by atoms with van der Waals surface area (Å²) in [6, 6.07) is 19.9. The summed E-state index contributed by atoms with van der Waals surface area (Å²) in [4.78, 5) is 77.3. The Morgan fingerprint density at radius 1 is 0.453 bits per heavy atom. The monoisotopic (exact) mass is 740 g/mol. The molecule has 0 unspecified atom stereocenters. The fourth-order valence-corrected chi connectivity index (χ4v) is 6.86. The maximum absolute atomic E-state index is 13.1. The molecule has 0 aliphatic carbocycles. The molecule has 0 saturated heterocycles. The first kappa shape index (κ1) is 41.1. The molecular formula is C42H40CaN2O8. The molecule has 0 bridgehead atoms. The van der Waals surface area contributed by atoms with Gasteiger partial charge < -0.3 is 19.8 Å². The number of hydrogen-bond acceptors (Lipinski definition) is 8. The molecule has 2 aliphatic heterocycles. The quantitative estimate of drug-likeness (QED) is 0.162. The van der Waals surface area contributed by atoms with Crippen LogP contribution in [0.3, 0.4) is 0 Å². The summed E-state index contributed by atoms with van der Waals surface area (Å²) in [5.41, 5.74) is 4.14. The zero-order valence-corrected chi connectivity index (χ0v) is 33.3. The van der Waals surface area contributed by atoms with Crippen LogP contribution >= 0.6 is 0 Å². The number of amides is 4. The van der Waals surface area contributed by atoms with Crippen LogP contribution in [0.5, 0.6) is 0 Å². The smallest absolute Gasteiger partial charge is 0.545 e. The Morgan fingerprint density at radius 2 is 0.717 bits per heavy atom. The zero-order chi connectivity index (χ0) is 38.3. The van der Waals surface area contributed by atoms with Crippen molar-refractivity contribution < 1.29 is 39.0 Å². The van der Waals surface area contributed by atoms with Gasteiger partial charge in [-0.2, -0.15) is 0 Å². The van der Waals surface area contributed by atoms with Gasteiger partial charge in [-0.15, -0.1) is 0 Å². The van der Waals surface area contributed by atoms with E-state index in [9.17, 15) is 39.0 Å². The Hall–Kier alpha value is -4.64. The van der Waals surface area contributed by atoms with Crippen molar-refractivity contribution in [2.24, 2.45) is 0 Å². The van der Waals surface area contributed by atoms with Crippen molar-refractivity contribution in [1.82, 2.24) is 0 Å². The third kappa shape index (κ3) is 7.32. The topological polar surface area (TPSA) is 155 Å². The number of carboxylic acid groups (broad SMARTS) is 2. The van der Waals surface area contributed by atoms with Gasteiger partial charge >= 0.3 is 37.7 Å². The van der Waals surface area contributed by atoms with E-state index in [-0.39, 0.29) is 94.8 Å². The number of hydrogen-bond donors (Lipinski definition) is 0. The number of carbonyl (C=O) groups excluding carboxylic acids is 6. The summed E-state index contributed by atoms with van der Waals surface area (Å²) in [5.74, 6) is -4.78. The molecule has 2 heterocycles. The number of nitrogens with zero attached hydrogens (tertiary/aromatic N) is 2. The van der Waals surface area contributed by atoms with Crippen molar-refractivity contribution in [2.75, 3.05) is 9.80 Å². The second-order valence-electron chi connectivity index (χ2n) is 14.1. The molecule has 4 aromatic rings. The van der Waals surface area contributed by atoms with Crippen LogP contribution < -0.4 is 20.0 Å². The van der Waals surface area contributed by atoms with Gasteiger partial charge in [0.2, 0.25) is 0 Å². The van der Waals surface area contributed by atoms with Crippen molar-refractivity contribution in [2.45, 2.75) is 79.1 Å². The van der Waals surface area contributed by atoms with Crippen molar-refractivity contribution in [3.63, 3.8) is 0 Å². The van der Waals surface area contributed by atoms with E-state index in [1.54, 1.807) is 0 Å². The van der Waals surface area contributed by atoms with E-state index in [0.29, 0.717) is 11.4 Å². The van der Waals surface area contributed by atoms with Gasteiger partial charge in [0.1, 0.15) is 0 Å². The van der Waals surface area contributed by atoms with Crippen LogP contribution in [0.2, 0.25) is 0 Å². The average Bonchev–Trinajstić information content (AvgIpc) is 3.51. The summed E-state index contributed by atoms with van der Waals surface area (Å²) < 4.78 is 0. The number of para-hydroxylation sites is 2. The van der Waals surface area contributed by atoms with Gasteiger partial charge in [-0.3, -0.25) is 19.2 Å². The molecule has 11 heteroatoms. The first-order valence-corrected chi connectivity index (χ1v) is 17.2. The van der Waals surface area contributed by atoms with Crippen LogP contribution in [0.25, 0.3) is 0 Å². The largest absolute Gasteiger partial charge is 2.00 e. The van der Waals surface area contributed by atoms with Gasteiger partial charge in [-0.25, -0.2) is 9.80 Å². The Bertz CT molecular complexity index is 1960. The number of anilines is 2. The molecule has 268 valence electrons. The second kappa shape index (κ2) is 16.2. The molecule has 0 N–H and O–H groups in total. The van der Waals surface area contributed by atoms with E-state index >= 15 is 0 Å². The molecule has 4 aromatic carbocycles. The third-order valence-electron chi connectivity index (χ3n) is 9.40. The third-order valence-corrected chi connectivity index (χ3v) is 9.40. The predicted molar refractivity (Wildman–Crippen MR) is 199 cm³/mol. The normalized spacial score (nSPS) is 13.4. The van der Waals surface area contributed by atoms with Crippen LogP contribution in [0.1, 0.15) is 163 Å². The summed E-state index contributed by atoms with van der Waals surface area (Å²) in [7, 11) is 0. The SMILES string of the molecule is CC(C)c1cccc(C(C)C)c1N1C(=O)c2cccc(C(=O)[O-])c2C1=O.CC(C)c1cccc(C(C)C)c1N1C(=O)c2cccc(C(=O)[O-])c2C1=O.[Ca+2]. The predicted octanol–water partition coefficient (Wildman–Crippen LogP) is 5.81. The van der Waals surface area contributed by atoms with Gasteiger partial charge in [0.25, 0.3) is 23.6 Å². The molecule has 4 amide bonds. The Balaban J connectivity index is 0.000000232. The minimum absolute atomic E-state index is 0. The molecule has 0 atom stereocenters. The maximum Gasteiger partial charge on any atom is 2.00 e. The second-order valence-corrected chi connectivity index (χ2v) is 14.1. The van der Waals surface area contributed by atoms with Gasteiger partial charge in [-0.05, 0) is 58.1 Å². The first-order chi connectivity index (χ1) is 24.5. The number of carboxylic acids is 2. The van der Waals surface area contributed by atoms with Gasteiger partial charge in [0, 0.05) is 11.1 Å². The van der Waals surface area contributed by atoms with Gasteiger partial charge in [0.15, 0.2) is 0 Å². The molecule has 0 radical (unpaired) electrons. The average molecular weight is 741 g/mol. The molecule has 6 rings (SSSR count). The van der Waals surface area contributed by atoms with E-state index in [0.717, 1.165) is 32.1 Å². The van der Waals surface area contributed by atoms with E-state index in [4.69, 9.17) is 0 Å². The van der Waals surface area contributed by atoms with Crippen LogP contribution in [-0.2, 0) is 0 Å². The van der Waals surface area contributed by atoms with Crippen molar-refractivity contribution in [3.05, 3.63) is 128 Å². The summed E-state index contributed by atoms with van der Waals surface area (Å²) in [5, 5.41) is 22.8. The molecule has 2 aliphatic rings. The van der Waals surface area contributed by atoms with E-state index in [1.807, 2.05) is 91.8 Å². The van der Waals surface area contributed by atoms with Crippen molar-refractivity contribution >= 4 is 84.7 Å². The Morgan fingerprint density at radius 3 is 0.962 bits per heavy atom. The Labute approximate surface area is 338 Å². The van der Waals surface area contributed by atoms with Crippen molar-refractivity contribution in [3.8, 4) is 0 Å². The maximum atomic E-state index is 13.1. The number of imide groups is 2. The molecule has 10 nitrogen and oxygen atoms in total. The van der Waals surface area contributed by atoms with Gasteiger partial charge in [-0.1, -0.05) is 116 Å². The molecule has 0 spiro atoms. The van der Waals surface area contributed by atoms with E-state index in [2.05, 4.69) is 0 Å². The van der Waals surface area contributed by atoms with Crippen molar-refractivity contribution in [1.29, 1.82) is 0 Å². The van der Waals surface area contributed by atoms with Gasteiger partial charge in [0.05, 0.1) is 45.6 Å². The minimum Gasteiger partial charge on any atom is -0.545 e. The number of benzene rings is 4. The number of aromatic carboxylic acids is 2. The molecule has 0 fully saturated rings. The van der Waals surface area contributed by atoms with Crippen LogP contribution in [0.4, 0.5) is 11.4 Å². The Kier molecular flexibility index (Phi) is 12.5. The molecule has 0 saturated carbocycles. The molecular weight excluding hydrogens is 701 g/mol. The molecule has 0 aromatic heterocycles. The number of fused-ring (bicyclic) bond motifs is 2. The summed E-state index contributed by atoms with van der Waals surface area (Å²) in [6.45, 7) is 16.0. The summed E-state index contributed by atoms with van der Waals surface area (Å²) in [6.07, 6.45) is 0. The molecule has 53 heavy (non-hydrogen) atoms. The number of rotatable bonds is 8. The van der Waals surface area contributed by atoms with E-state index in [1.165, 1.54) is 36.4 Å². The van der Waals surface area contributed by atoms with E-state index < -0.39 is 35.6 Å². The fraction of sp³-hybridized carbons (Fsp3) is 0.286. The first-order valence-electron chi connectivity index (χ1n) is 17.2.